The van der Waals surface area contributed by atoms with Gasteiger partial charge in [-0.25, -0.2) is 9.13 Å². The molecule has 0 fully saturated rings. The number of benzene rings is 1. The molecule has 0 aliphatic heterocycles. The van der Waals surface area contributed by atoms with E-state index in [1.165, 1.54) is 185 Å². The molecule has 0 radical (unpaired) electrons. The molecule has 0 saturated carbocycles. The second kappa shape index (κ2) is 27.0. The molecule has 240 valence electrons. The summed E-state index contributed by atoms with van der Waals surface area (Å²) in [4.78, 5) is 0. The first-order valence-corrected chi connectivity index (χ1v) is 19.0. The lowest BCUT2D eigenvalue weighted by Crippen LogP contribution is -2.37. The molecular formula is C40H71N2+. The highest BCUT2D eigenvalue weighted by molar-refractivity contribution is 5.14. The molecule has 2 heteroatoms. The highest BCUT2D eigenvalue weighted by Gasteiger charge is 2.16. The molecule has 0 bridgehead atoms. The van der Waals surface area contributed by atoms with Crippen LogP contribution >= 0.6 is 0 Å². The SMILES string of the molecule is CCCCCCCCCCCCCCCn1cc[n+](CCCc2ccccc2)c1CCCCCCCCCCCCC. The van der Waals surface area contributed by atoms with E-state index in [1.54, 1.807) is 5.82 Å². The first-order valence-electron chi connectivity index (χ1n) is 19.0. The van der Waals surface area contributed by atoms with Crippen molar-refractivity contribution < 1.29 is 4.57 Å². The van der Waals surface area contributed by atoms with E-state index >= 15 is 0 Å². The van der Waals surface area contributed by atoms with Crippen LogP contribution in [0.3, 0.4) is 0 Å². The van der Waals surface area contributed by atoms with E-state index in [0.29, 0.717) is 0 Å². The van der Waals surface area contributed by atoms with Crippen molar-refractivity contribution in [3.8, 4) is 0 Å². The quantitative estimate of drug-likeness (QED) is 0.0643. The van der Waals surface area contributed by atoms with Gasteiger partial charge in [-0.05, 0) is 37.7 Å². The fraction of sp³-hybridized carbons (Fsp3) is 0.775. The summed E-state index contributed by atoms with van der Waals surface area (Å²) >= 11 is 0. The van der Waals surface area contributed by atoms with Crippen LogP contribution in [-0.2, 0) is 25.9 Å². The van der Waals surface area contributed by atoms with Crippen LogP contribution in [-0.4, -0.2) is 4.57 Å². The lowest BCUT2D eigenvalue weighted by Gasteiger charge is -2.07. The van der Waals surface area contributed by atoms with Crippen molar-refractivity contribution in [3.05, 3.63) is 54.1 Å². The normalized spacial score (nSPS) is 11.5. The molecule has 0 atom stereocenters. The van der Waals surface area contributed by atoms with Crippen LogP contribution in [0, 0.1) is 0 Å². The Hall–Kier alpha value is -1.57. The van der Waals surface area contributed by atoms with Gasteiger partial charge in [0.1, 0.15) is 12.4 Å². The summed E-state index contributed by atoms with van der Waals surface area (Å²) in [6, 6.07) is 11.0. The number of unbranched alkanes of at least 4 members (excludes halogenated alkanes) is 22. The molecule has 0 amide bonds. The van der Waals surface area contributed by atoms with Gasteiger partial charge in [-0.15, -0.1) is 0 Å². The minimum Gasteiger partial charge on any atom is -0.234 e. The zero-order valence-electron chi connectivity index (χ0n) is 28.4. The molecule has 0 N–H and O–H groups in total. The van der Waals surface area contributed by atoms with E-state index in [2.05, 4.69) is 65.7 Å². The maximum atomic E-state index is 2.61. The van der Waals surface area contributed by atoms with Gasteiger partial charge in [0.05, 0.1) is 13.1 Å². The highest BCUT2D eigenvalue weighted by atomic mass is 15.1. The van der Waals surface area contributed by atoms with Crippen LogP contribution in [0.5, 0.6) is 0 Å². The zero-order chi connectivity index (χ0) is 29.8. The molecule has 0 spiro atoms. The Morgan fingerprint density at radius 2 is 0.929 bits per heavy atom. The topological polar surface area (TPSA) is 8.81 Å². The molecule has 2 aromatic rings. The van der Waals surface area contributed by atoms with E-state index in [0.717, 1.165) is 6.54 Å². The van der Waals surface area contributed by atoms with Crippen LogP contribution in [0.2, 0.25) is 0 Å². The molecule has 1 aromatic heterocycles. The third kappa shape index (κ3) is 18.9. The average molecular weight is 580 g/mol. The molecule has 2 rings (SSSR count). The Balaban J connectivity index is 1.64. The molecule has 1 aromatic carbocycles. The first-order chi connectivity index (χ1) is 20.8. The standard InChI is InChI=1S/C40H71N2/c1-3-5-7-9-11-13-15-16-18-20-22-24-29-35-41-37-38-42(36-30-33-39-31-26-25-27-32-39)40(41)34-28-23-21-19-17-14-12-10-8-6-4-2/h25-27,31-32,37-38H,3-24,28-30,33-36H2,1-2H3/q+1. The molecule has 0 unspecified atom stereocenters. The van der Waals surface area contributed by atoms with Crippen LogP contribution in [0.1, 0.15) is 186 Å². The first kappa shape index (κ1) is 36.6. The summed E-state index contributed by atoms with van der Waals surface area (Å²) < 4.78 is 5.19. The monoisotopic (exact) mass is 580 g/mol. The molecule has 0 saturated heterocycles. The second-order valence-electron chi connectivity index (χ2n) is 13.2. The van der Waals surface area contributed by atoms with Gasteiger partial charge in [0, 0.05) is 6.42 Å². The number of hydrogen-bond acceptors (Lipinski definition) is 0. The van der Waals surface area contributed by atoms with Crippen LogP contribution in [0.4, 0.5) is 0 Å². The summed E-state index contributed by atoms with van der Waals surface area (Å²) in [5.74, 6) is 1.58. The van der Waals surface area contributed by atoms with Gasteiger partial charge < -0.3 is 0 Å². The van der Waals surface area contributed by atoms with Gasteiger partial charge in [-0.2, -0.15) is 0 Å². The molecule has 0 aliphatic rings. The van der Waals surface area contributed by atoms with E-state index in [9.17, 15) is 0 Å². The Morgan fingerprint density at radius 1 is 0.476 bits per heavy atom. The summed E-state index contributed by atoms with van der Waals surface area (Å²) in [6.07, 6.45) is 42.6. The molecular weight excluding hydrogens is 508 g/mol. The van der Waals surface area contributed by atoms with Crippen molar-refractivity contribution in [2.24, 2.45) is 0 Å². The maximum absolute atomic E-state index is 2.61. The van der Waals surface area contributed by atoms with Crippen LogP contribution < -0.4 is 4.57 Å². The Morgan fingerprint density at radius 3 is 1.43 bits per heavy atom. The summed E-state index contributed by atoms with van der Waals surface area (Å²) in [5.41, 5.74) is 1.47. The Labute approximate surface area is 263 Å². The van der Waals surface area contributed by atoms with E-state index in [1.807, 2.05) is 0 Å². The van der Waals surface area contributed by atoms with Crippen LogP contribution in [0.25, 0.3) is 0 Å². The molecule has 0 aliphatic carbocycles. The minimum absolute atomic E-state index is 1.15. The van der Waals surface area contributed by atoms with Crippen molar-refractivity contribution >= 4 is 0 Å². The number of hydrogen-bond donors (Lipinski definition) is 0. The minimum atomic E-state index is 1.15. The predicted octanol–water partition coefficient (Wildman–Crippen LogP) is 12.4. The fourth-order valence-corrected chi connectivity index (χ4v) is 6.54. The second-order valence-corrected chi connectivity index (χ2v) is 13.2. The summed E-state index contributed by atoms with van der Waals surface area (Å²) in [7, 11) is 0. The van der Waals surface area contributed by atoms with E-state index in [4.69, 9.17) is 0 Å². The molecule has 42 heavy (non-hydrogen) atoms. The van der Waals surface area contributed by atoms with Crippen molar-refractivity contribution in [3.63, 3.8) is 0 Å². The fourth-order valence-electron chi connectivity index (χ4n) is 6.54. The number of aryl methyl sites for hydroxylation is 3. The molecule has 1 heterocycles. The number of rotatable bonds is 30. The summed E-state index contributed by atoms with van der Waals surface area (Å²) in [6.45, 7) is 6.97. The van der Waals surface area contributed by atoms with E-state index in [-0.39, 0.29) is 0 Å². The number of aromatic nitrogens is 2. The van der Waals surface area contributed by atoms with Crippen molar-refractivity contribution in [1.29, 1.82) is 0 Å². The lowest BCUT2D eigenvalue weighted by atomic mass is 10.0. The van der Waals surface area contributed by atoms with Crippen molar-refractivity contribution in [1.82, 2.24) is 4.57 Å². The maximum Gasteiger partial charge on any atom is 0.256 e. The van der Waals surface area contributed by atoms with Gasteiger partial charge in [0.25, 0.3) is 5.82 Å². The number of nitrogens with zero attached hydrogens (tertiary/aromatic N) is 2. The smallest absolute Gasteiger partial charge is 0.234 e. The third-order valence-corrected chi connectivity index (χ3v) is 9.30. The Kier molecular flexibility index (Phi) is 23.6. The summed E-state index contributed by atoms with van der Waals surface area (Å²) in [5, 5.41) is 0. The predicted molar refractivity (Wildman–Crippen MR) is 185 cm³/mol. The van der Waals surface area contributed by atoms with Gasteiger partial charge in [-0.1, -0.05) is 179 Å². The highest BCUT2D eigenvalue weighted by Crippen LogP contribution is 2.15. The zero-order valence-corrected chi connectivity index (χ0v) is 28.4. The van der Waals surface area contributed by atoms with Crippen molar-refractivity contribution in [2.75, 3.05) is 0 Å². The third-order valence-electron chi connectivity index (χ3n) is 9.30. The Bertz CT molecular complexity index is 823. The van der Waals surface area contributed by atoms with Gasteiger partial charge in [0.2, 0.25) is 0 Å². The van der Waals surface area contributed by atoms with E-state index < -0.39 is 0 Å². The lowest BCUT2D eigenvalue weighted by molar-refractivity contribution is -0.704. The largest absolute Gasteiger partial charge is 0.256 e. The number of imidazole rings is 1. The van der Waals surface area contributed by atoms with Gasteiger partial charge in [-0.3, -0.25) is 0 Å². The van der Waals surface area contributed by atoms with Gasteiger partial charge >= 0.3 is 0 Å². The van der Waals surface area contributed by atoms with Crippen LogP contribution in [0.15, 0.2) is 42.7 Å². The molecule has 2 nitrogen and oxygen atoms in total. The van der Waals surface area contributed by atoms with Gasteiger partial charge in [0.15, 0.2) is 0 Å². The van der Waals surface area contributed by atoms with Crippen molar-refractivity contribution in [2.45, 2.75) is 200 Å². The average Bonchev–Trinajstić information content (AvgIpc) is 3.39.